The predicted octanol–water partition coefficient (Wildman–Crippen LogP) is 0.192. The molecule has 2 atom stereocenters. The molecule has 1 rings (SSSR count). The second-order valence-corrected chi connectivity index (χ2v) is 4.22. The van der Waals surface area contributed by atoms with Gasteiger partial charge in [0, 0.05) is 36.0 Å². The normalized spacial score (nSPS) is 31.6. The SMILES string of the molecule is COC(=O)C1CN(I)CCC1O. The fourth-order valence-corrected chi connectivity index (χ4v) is 1.99. The molecule has 1 saturated heterocycles. The van der Waals surface area contributed by atoms with E-state index in [2.05, 4.69) is 27.6 Å². The zero-order chi connectivity index (χ0) is 9.14. The minimum Gasteiger partial charge on any atom is -0.469 e. The van der Waals surface area contributed by atoms with Gasteiger partial charge in [-0.15, -0.1) is 0 Å². The lowest BCUT2D eigenvalue weighted by atomic mass is 9.96. The van der Waals surface area contributed by atoms with Crippen LogP contribution in [-0.4, -0.2) is 40.5 Å². The molecule has 1 aliphatic rings. The maximum Gasteiger partial charge on any atom is 0.312 e. The Bertz CT molecular complexity index is 176. The van der Waals surface area contributed by atoms with Crippen molar-refractivity contribution < 1.29 is 14.6 Å². The van der Waals surface area contributed by atoms with Crippen LogP contribution < -0.4 is 0 Å². The van der Waals surface area contributed by atoms with Crippen LogP contribution in [0, 0.1) is 5.92 Å². The first kappa shape index (κ1) is 10.2. The fourth-order valence-electron chi connectivity index (χ4n) is 1.28. The summed E-state index contributed by atoms with van der Waals surface area (Å²) in [6, 6.07) is 0. The van der Waals surface area contributed by atoms with Gasteiger partial charge in [0.25, 0.3) is 0 Å². The third-order valence-corrected chi connectivity index (χ3v) is 2.91. The molecule has 0 spiro atoms. The molecule has 0 saturated carbocycles. The predicted molar refractivity (Wildman–Crippen MR) is 51.7 cm³/mol. The summed E-state index contributed by atoms with van der Waals surface area (Å²) in [5, 5.41) is 9.46. The molecule has 5 heteroatoms. The minimum absolute atomic E-state index is 0.316. The summed E-state index contributed by atoms with van der Waals surface area (Å²) in [5.74, 6) is -0.690. The highest BCUT2D eigenvalue weighted by molar-refractivity contribution is 14.1. The lowest BCUT2D eigenvalue weighted by molar-refractivity contribution is -0.151. The maximum atomic E-state index is 11.1. The Labute approximate surface area is 85.4 Å². The lowest BCUT2D eigenvalue weighted by Gasteiger charge is -2.30. The van der Waals surface area contributed by atoms with Gasteiger partial charge >= 0.3 is 5.97 Å². The molecule has 1 fully saturated rings. The van der Waals surface area contributed by atoms with Gasteiger partial charge in [-0.1, -0.05) is 0 Å². The summed E-state index contributed by atoms with van der Waals surface area (Å²) in [6.45, 7) is 1.41. The summed E-state index contributed by atoms with van der Waals surface area (Å²) in [7, 11) is 1.35. The monoisotopic (exact) mass is 285 g/mol. The number of carbonyl (C=O) groups is 1. The highest BCUT2D eigenvalue weighted by Crippen LogP contribution is 2.20. The number of ether oxygens (including phenoxy) is 1. The number of nitrogens with zero attached hydrogens (tertiary/aromatic N) is 1. The van der Waals surface area contributed by atoms with Gasteiger partial charge in [-0.25, -0.2) is 3.11 Å². The number of hydrogen-bond acceptors (Lipinski definition) is 4. The molecule has 1 heterocycles. The van der Waals surface area contributed by atoms with Crippen molar-refractivity contribution in [2.75, 3.05) is 20.2 Å². The topological polar surface area (TPSA) is 49.8 Å². The first-order valence-corrected chi connectivity index (χ1v) is 4.78. The average molecular weight is 285 g/mol. The Morgan fingerprint density at radius 3 is 3.00 bits per heavy atom. The molecule has 0 amide bonds. The Morgan fingerprint density at radius 1 is 1.75 bits per heavy atom. The van der Waals surface area contributed by atoms with Crippen molar-refractivity contribution in [2.24, 2.45) is 5.92 Å². The van der Waals surface area contributed by atoms with Crippen molar-refractivity contribution >= 4 is 28.8 Å². The smallest absolute Gasteiger partial charge is 0.312 e. The Balaban J connectivity index is 2.54. The van der Waals surface area contributed by atoms with Crippen LogP contribution in [0.1, 0.15) is 6.42 Å². The summed E-state index contributed by atoms with van der Waals surface area (Å²) >= 11 is 2.15. The van der Waals surface area contributed by atoms with E-state index in [-0.39, 0.29) is 11.9 Å². The van der Waals surface area contributed by atoms with E-state index >= 15 is 0 Å². The summed E-state index contributed by atoms with van der Waals surface area (Å²) in [4.78, 5) is 11.1. The van der Waals surface area contributed by atoms with Crippen molar-refractivity contribution in [3.8, 4) is 0 Å². The lowest BCUT2D eigenvalue weighted by Crippen LogP contribution is -2.43. The second-order valence-electron chi connectivity index (χ2n) is 2.85. The molecule has 1 aliphatic heterocycles. The van der Waals surface area contributed by atoms with E-state index in [9.17, 15) is 9.90 Å². The number of hydrogen-bond donors (Lipinski definition) is 1. The number of piperidine rings is 1. The van der Waals surface area contributed by atoms with Crippen LogP contribution in [0.5, 0.6) is 0 Å². The maximum absolute atomic E-state index is 11.1. The highest BCUT2D eigenvalue weighted by atomic mass is 127. The quantitative estimate of drug-likeness (QED) is 0.424. The van der Waals surface area contributed by atoms with Crippen LogP contribution in [0.2, 0.25) is 0 Å². The van der Waals surface area contributed by atoms with Gasteiger partial charge in [0.15, 0.2) is 0 Å². The minimum atomic E-state index is -0.538. The molecule has 0 bridgehead atoms. The number of aliphatic hydroxyl groups excluding tert-OH is 1. The summed E-state index contributed by atoms with van der Waals surface area (Å²) in [6.07, 6.45) is 0.103. The van der Waals surface area contributed by atoms with E-state index in [1.54, 1.807) is 0 Å². The molecule has 0 aromatic heterocycles. The number of methoxy groups -OCH3 is 1. The van der Waals surface area contributed by atoms with Gasteiger partial charge < -0.3 is 9.84 Å². The Morgan fingerprint density at radius 2 is 2.42 bits per heavy atom. The first-order chi connectivity index (χ1) is 5.65. The number of esters is 1. The molecule has 2 unspecified atom stereocenters. The van der Waals surface area contributed by atoms with Crippen LogP contribution in [0.15, 0.2) is 0 Å². The Kier molecular flexibility index (Phi) is 3.73. The van der Waals surface area contributed by atoms with E-state index in [0.29, 0.717) is 13.0 Å². The zero-order valence-corrected chi connectivity index (χ0v) is 9.02. The van der Waals surface area contributed by atoms with Gasteiger partial charge in [0.1, 0.15) is 0 Å². The second kappa shape index (κ2) is 4.38. The van der Waals surface area contributed by atoms with Crippen LogP contribution in [0.25, 0.3) is 0 Å². The molecule has 0 aromatic carbocycles. The van der Waals surface area contributed by atoms with Crippen LogP contribution >= 0.6 is 22.9 Å². The van der Waals surface area contributed by atoms with Gasteiger partial charge in [-0.05, 0) is 6.42 Å². The van der Waals surface area contributed by atoms with Crippen molar-refractivity contribution in [1.29, 1.82) is 0 Å². The van der Waals surface area contributed by atoms with Crippen molar-refractivity contribution in [2.45, 2.75) is 12.5 Å². The van der Waals surface area contributed by atoms with Gasteiger partial charge in [-0.3, -0.25) is 4.79 Å². The van der Waals surface area contributed by atoms with Crippen LogP contribution in [0.4, 0.5) is 0 Å². The van der Waals surface area contributed by atoms with E-state index in [0.717, 1.165) is 6.54 Å². The fraction of sp³-hybridized carbons (Fsp3) is 0.857. The molecule has 4 nitrogen and oxygen atoms in total. The third-order valence-electron chi connectivity index (χ3n) is 2.03. The standard InChI is InChI=1S/C7H12INO3/c1-12-7(11)5-4-9(8)3-2-6(5)10/h5-6,10H,2-4H2,1H3. The van der Waals surface area contributed by atoms with Gasteiger partial charge in [0.2, 0.25) is 0 Å². The zero-order valence-electron chi connectivity index (χ0n) is 6.86. The molecule has 70 valence electrons. The number of rotatable bonds is 1. The summed E-state index contributed by atoms with van der Waals surface area (Å²) < 4.78 is 6.57. The Hall–Kier alpha value is 0.120. The molecule has 0 radical (unpaired) electrons. The van der Waals surface area contributed by atoms with Gasteiger partial charge in [0.05, 0.1) is 19.1 Å². The van der Waals surface area contributed by atoms with Crippen molar-refractivity contribution in [3.63, 3.8) is 0 Å². The van der Waals surface area contributed by atoms with Crippen molar-refractivity contribution in [3.05, 3.63) is 0 Å². The molecular weight excluding hydrogens is 273 g/mol. The van der Waals surface area contributed by atoms with E-state index in [1.807, 2.05) is 3.11 Å². The highest BCUT2D eigenvalue weighted by Gasteiger charge is 2.32. The van der Waals surface area contributed by atoms with E-state index in [4.69, 9.17) is 0 Å². The third kappa shape index (κ3) is 2.30. The van der Waals surface area contributed by atoms with Gasteiger partial charge in [-0.2, -0.15) is 0 Å². The largest absolute Gasteiger partial charge is 0.469 e. The molecule has 12 heavy (non-hydrogen) atoms. The molecule has 0 aromatic rings. The average Bonchev–Trinajstić information content (AvgIpc) is 2.08. The number of aliphatic hydroxyl groups is 1. The van der Waals surface area contributed by atoms with E-state index in [1.165, 1.54) is 7.11 Å². The van der Waals surface area contributed by atoms with E-state index < -0.39 is 6.10 Å². The number of carbonyl (C=O) groups excluding carboxylic acids is 1. The first-order valence-electron chi connectivity index (χ1n) is 3.81. The van der Waals surface area contributed by atoms with Crippen LogP contribution in [-0.2, 0) is 9.53 Å². The van der Waals surface area contributed by atoms with Crippen LogP contribution in [0.3, 0.4) is 0 Å². The molecular formula is C7H12INO3. The van der Waals surface area contributed by atoms with Crippen molar-refractivity contribution in [1.82, 2.24) is 3.11 Å². The summed E-state index contributed by atoms with van der Waals surface area (Å²) in [5.41, 5.74) is 0. The number of halogens is 1. The molecule has 0 aliphatic carbocycles. The molecule has 1 N–H and O–H groups in total.